The van der Waals surface area contributed by atoms with Crippen molar-refractivity contribution in [1.29, 1.82) is 0 Å². The van der Waals surface area contributed by atoms with Gasteiger partial charge in [-0.25, -0.2) is 0 Å². The minimum atomic E-state index is -0.903. The van der Waals surface area contributed by atoms with Gasteiger partial charge in [0.1, 0.15) is 0 Å². The van der Waals surface area contributed by atoms with E-state index in [1.54, 1.807) is 0 Å². The number of amides is 2. The van der Waals surface area contributed by atoms with Gasteiger partial charge < -0.3 is 10.2 Å². The van der Waals surface area contributed by atoms with Crippen LogP contribution in [0.4, 0.5) is 0 Å². The van der Waals surface area contributed by atoms with Crippen LogP contribution in [0, 0.1) is 0 Å². The van der Waals surface area contributed by atoms with E-state index in [2.05, 4.69) is 10.9 Å². The Labute approximate surface area is 116 Å². The van der Waals surface area contributed by atoms with E-state index in [0.29, 0.717) is 25.7 Å². The van der Waals surface area contributed by atoms with Crippen molar-refractivity contribution in [3.8, 4) is 0 Å². The highest BCUT2D eigenvalue weighted by Crippen LogP contribution is 2.00. The van der Waals surface area contributed by atoms with Crippen LogP contribution >= 0.6 is 0 Å². The van der Waals surface area contributed by atoms with Crippen molar-refractivity contribution in [2.24, 2.45) is 0 Å². The largest absolute Gasteiger partial charge is 0.481 e. The van der Waals surface area contributed by atoms with Crippen molar-refractivity contribution >= 4 is 23.8 Å². The van der Waals surface area contributed by atoms with Gasteiger partial charge in [0.25, 0.3) is 0 Å². The Kier molecular flexibility index (Phi) is 9.63. The zero-order valence-electron chi connectivity index (χ0n) is 11.2. The van der Waals surface area contributed by atoms with Gasteiger partial charge >= 0.3 is 11.9 Å². The van der Waals surface area contributed by atoms with E-state index in [0.717, 1.165) is 0 Å². The molecule has 0 aromatic rings. The number of hydrazine groups is 1. The van der Waals surface area contributed by atoms with Crippen LogP contribution in [-0.2, 0) is 19.2 Å². The molecule has 0 spiro atoms. The summed E-state index contributed by atoms with van der Waals surface area (Å²) in [5.74, 6) is -2.57. The molecule has 0 aromatic carbocycles. The van der Waals surface area contributed by atoms with Crippen LogP contribution in [0.1, 0.15) is 51.4 Å². The molecule has 0 aromatic heterocycles. The monoisotopic (exact) mass is 288 g/mol. The average Bonchev–Trinajstić information content (AvgIpc) is 2.37. The number of carboxylic acid groups (broad SMARTS) is 2. The van der Waals surface area contributed by atoms with Gasteiger partial charge in [-0.2, -0.15) is 0 Å². The first-order valence-electron chi connectivity index (χ1n) is 6.43. The number of carbonyl (C=O) groups is 4. The first-order valence-corrected chi connectivity index (χ1v) is 6.43. The standard InChI is InChI=1S/C12H20N2O6/c15-9(5-1-3-7-11(17)18)13-14-10(16)6-2-4-8-12(19)20/h1-8H2,(H,13,15)(H,14,16)(H,17,18)(H,19,20). The van der Waals surface area contributed by atoms with E-state index >= 15 is 0 Å². The summed E-state index contributed by atoms with van der Waals surface area (Å²) in [4.78, 5) is 43.0. The smallest absolute Gasteiger partial charge is 0.303 e. The summed E-state index contributed by atoms with van der Waals surface area (Å²) in [5, 5.41) is 16.8. The third-order valence-corrected chi connectivity index (χ3v) is 2.43. The maximum Gasteiger partial charge on any atom is 0.303 e. The summed E-state index contributed by atoms with van der Waals surface area (Å²) in [7, 11) is 0. The number of carbonyl (C=O) groups excluding carboxylic acids is 2. The molecule has 0 bridgehead atoms. The summed E-state index contributed by atoms with van der Waals surface area (Å²) in [5.41, 5.74) is 4.44. The Morgan fingerprint density at radius 2 is 0.900 bits per heavy atom. The Balaban J connectivity index is 3.50. The molecule has 0 unspecified atom stereocenters. The molecule has 0 fully saturated rings. The van der Waals surface area contributed by atoms with Crippen molar-refractivity contribution < 1.29 is 29.4 Å². The van der Waals surface area contributed by atoms with Crippen LogP contribution in [-0.4, -0.2) is 34.0 Å². The molecule has 0 aliphatic carbocycles. The number of nitrogens with one attached hydrogen (secondary N) is 2. The molecule has 0 aliphatic heterocycles. The third kappa shape index (κ3) is 12.3. The molecule has 2 amide bonds. The number of unbranched alkanes of at least 4 members (excludes halogenated alkanes) is 2. The van der Waals surface area contributed by atoms with Gasteiger partial charge in [-0.3, -0.25) is 30.0 Å². The van der Waals surface area contributed by atoms with Crippen LogP contribution in [0.2, 0.25) is 0 Å². The van der Waals surface area contributed by atoms with Crippen molar-refractivity contribution in [3.05, 3.63) is 0 Å². The number of rotatable bonds is 10. The maximum atomic E-state index is 11.3. The van der Waals surface area contributed by atoms with Crippen LogP contribution in [0.5, 0.6) is 0 Å². The average molecular weight is 288 g/mol. The molecule has 20 heavy (non-hydrogen) atoms. The highest BCUT2D eigenvalue weighted by molar-refractivity contribution is 5.81. The lowest BCUT2D eigenvalue weighted by molar-refractivity contribution is -0.138. The van der Waals surface area contributed by atoms with E-state index in [1.807, 2.05) is 0 Å². The summed E-state index contributed by atoms with van der Waals surface area (Å²) in [6.45, 7) is 0. The molecule has 0 saturated carbocycles. The van der Waals surface area contributed by atoms with Crippen molar-refractivity contribution in [2.75, 3.05) is 0 Å². The molecule has 8 heteroatoms. The quantitative estimate of drug-likeness (QED) is 0.340. The summed E-state index contributed by atoms with van der Waals surface area (Å²) in [6.07, 6.45) is 2.02. The fourth-order valence-corrected chi connectivity index (χ4v) is 1.39. The molecular weight excluding hydrogens is 268 g/mol. The van der Waals surface area contributed by atoms with E-state index in [4.69, 9.17) is 10.2 Å². The van der Waals surface area contributed by atoms with Crippen LogP contribution in [0.3, 0.4) is 0 Å². The summed E-state index contributed by atoms with van der Waals surface area (Å²) >= 11 is 0. The van der Waals surface area contributed by atoms with E-state index in [9.17, 15) is 19.2 Å². The lowest BCUT2D eigenvalue weighted by atomic mass is 10.2. The second-order valence-electron chi connectivity index (χ2n) is 4.30. The molecule has 4 N–H and O–H groups in total. The number of hydrogen-bond acceptors (Lipinski definition) is 4. The lowest BCUT2D eigenvalue weighted by Gasteiger charge is -2.06. The number of hydrogen-bond donors (Lipinski definition) is 4. The lowest BCUT2D eigenvalue weighted by Crippen LogP contribution is -2.41. The van der Waals surface area contributed by atoms with Gasteiger partial charge in [0.2, 0.25) is 11.8 Å². The molecule has 114 valence electrons. The maximum absolute atomic E-state index is 11.3. The third-order valence-electron chi connectivity index (χ3n) is 2.43. The van der Waals surface area contributed by atoms with Gasteiger partial charge in [-0.15, -0.1) is 0 Å². The fraction of sp³-hybridized carbons (Fsp3) is 0.667. The zero-order valence-corrected chi connectivity index (χ0v) is 11.2. The molecule has 0 heterocycles. The van der Waals surface area contributed by atoms with Gasteiger partial charge in [-0.1, -0.05) is 0 Å². The Morgan fingerprint density at radius 1 is 0.600 bits per heavy atom. The van der Waals surface area contributed by atoms with Crippen molar-refractivity contribution in [2.45, 2.75) is 51.4 Å². The SMILES string of the molecule is O=C(O)CCCCC(=O)NNC(=O)CCCCC(=O)O. The molecular formula is C12H20N2O6. The zero-order chi connectivity index (χ0) is 15.4. The Bertz CT molecular complexity index is 322. The number of aliphatic carboxylic acids is 2. The normalized spacial score (nSPS) is 9.80. The van der Waals surface area contributed by atoms with Gasteiger partial charge in [0.05, 0.1) is 0 Å². The second kappa shape index (κ2) is 10.8. The topological polar surface area (TPSA) is 133 Å². The van der Waals surface area contributed by atoms with Gasteiger partial charge in [-0.05, 0) is 25.7 Å². The fourth-order valence-electron chi connectivity index (χ4n) is 1.39. The Morgan fingerprint density at radius 3 is 1.20 bits per heavy atom. The van der Waals surface area contributed by atoms with Crippen molar-refractivity contribution in [3.63, 3.8) is 0 Å². The van der Waals surface area contributed by atoms with Crippen LogP contribution < -0.4 is 10.9 Å². The number of carboxylic acids is 2. The highest BCUT2D eigenvalue weighted by Gasteiger charge is 2.06. The van der Waals surface area contributed by atoms with E-state index < -0.39 is 11.9 Å². The highest BCUT2D eigenvalue weighted by atomic mass is 16.4. The molecule has 0 saturated heterocycles. The van der Waals surface area contributed by atoms with E-state index in [-0.39, 0.29) is 37.5 Å². The van der Waals surface area contributed by atoms with Crippen molar-refractivity contribution in [1.82, 2.24) is 10.9 Å². The molecule has 8 nitrogen and oxygen atoms in total. The van der Waals surface area contributed by atoms with Crippen LogP contribution in [0.25, 0.3) is 0 Å². The first-order chi connectivity index (χ1) is 9.41. The Hall–Kier alpha value is -2.12. The predicted molar refractivity (Wildman–Crippen MR) is 68.5 cm³/mol. The minimum Gasteiger partial charge on any atom is -0.481 e. The molecule has 0 rings (SSSR count). The predicted octanol–water partition coefficient (Wildman–Crippen LogP) is 0.424. The molecule has 0 atom stereocenters. The van der Waals surface area contributed by atoms with Gasteiger partial charge in [0.15, 0.2) is 0 Å². The first kappa shape index (κ1) is 17.9. The molecule has 0 radical (unpaired) electrons. The second-order valence-corrected chi connectivity index (χ2v) is 4.30. The minimum absolute atomic E-state index is 0.0171. The molecule has 0 aliphatic rings. The van der Waals surface area contributed by atoms with E-state index in [1.165, 1.54) is 0 Å². The summed E-state index contributed by atoms with van der Waals surface area (Å²) in [6, 6.07) is 0. The van der Waals surface area contributed by atoms with Crippen LogP contribution in [0.15, 0.2) is 0 Å². The van der Waals surface area contributed by atoms with Gasteiger partial charge in [0, 0.05) is 25.7 Å². The summed E-state index contributed by atoms with van der Waals surface area (Å²) < 4.78 is 0.